The molecule has 2 aliphatic rings. The Bertz CT molecular complexity index is 591. The molecule has 110 valence electrons. The molecule has 1 aromatic rings. The minimum absolute atomic E-state index is 0.0164. The van der Waals surface area contributed by atoms with Crippen molar-refractivity contribution in [3.8, 4) is 0 Å². The number of ether oxygens (including phenoxy) is 1. The Morgan fingerprint density at radius 1 is 1.35 bits per heavy atom. The molecule has 20 heavy (non-hydrogen) atoms. The van der Waals surface area contributed by atoms with E-state index in [1.54, 1.807) is 4.31 Å². The maximum absolute atomic E-state index is 12.8. The van der Waals surface area contributed by atoms with Gasteiger partial charge in [0.25, 0.3) is 0 Å². The number of rotatable bonds is 2. The molecule has 0 spiro atoms. The highest BCUT2D eigenvalue weighted by atomic mass is 35.5. The molecule has 0 amide bonds. The van der Waals surface area contributed by atoms with Gasteiger partial charge in [0.1, 0.15) is 4.90 Å². The highest BCUT2D eigenvalue weighted by molar-refractivity contribution is 7.89. The Morgan fingerprint density at radius 3 is 2.95 bits per heavy atom. The van der Waals surface area contributed by atoms with E-state index in [1.165, 1.54) is 18.5 Å². The van der Waals surface area contributed by atoms with Gasteiger partial charge in [0.15, 0.2) is 0 Å². The Hall–Kier alpha value is -0.690. The smallest absolute Gasteiger partial charge is 0.246 e. The summed E-state index contributed by atoms with van der Waals surface area (Å²) in [6.45, 7) is 0.826. The van der Waals surface area contributed by atoms with Crippen molar-refractivity contribution in [2.24, 2.45) is 0 Å². The predicted molar refractivity (Wildman–Crippen MR) is 75.1 cm³/mol. The van der Waals surface area contributed by atoms with Crippen molar-refractivity contribution < 1.29 is 13.2 Å². The molecule has 1 aromatic heterocycles. The van der Waals surface area contributed by atoms with Crippen molar-refractivity contribution >= 4 is 21.6 Å². The van der Waals surface area contributed by atoms with Crippen LogP contribution in [0.4, 0.5) is 0 Å². The van der Waals surface area contributed by atoms with Gasteiger partial charge in [0.05, 0.1) is 23.8 Å². The van der Waals surface area contributed by atoms with E-state index in [1.807, 2.05) is 0 Å². The van der Waals surface area contributed by atoms with Crippen molar-refractivity contribution in [3.05, 3.63) is 23.5 Å². The van der Waals surface area contributed by atoms with Crippen molar-refractivity contribution in [1.82, 2.24) is 9.29 Å². The van der Waals surface area contributed by atoms with Crippen molar-refractivity contribution in [2.45, 2.75) is 42.7 Å². The molecule has 0 bridgehead atoms. The molecule has 3 rings (SSSR count). The van der Waals surface area contributed by atoms with Crippen LogP contribution in [0.15, 0.2) is 23.4 Å². The maximum Gasteiger partial charge on any atom is 0.246 e. The van der Waals surface area contributed by atoms with Crippen LogP contribution in [-0.4, -0.2) is 43.0 Å². The van der Waals surface area contributed by atoms with Crippen LogP contribution in [0, 0.1) is 0 Å². The highest BCUT2D eigenvalue weighted by Gasteiger charge is 2.41. The van der Waals surface area contributed by atoms with Gasteiger partial charge in [-0.25, -0.2) is 8.42 Å². The van der Waals surface area contributed by atoms with E-state index in [0.29, 0.717) is 13.2 Å². The lowest BCUT2D eigenvalue weighted by Gasteiger charge is -2.42. The van der Waals surface area contributed by atoms with E-state index in [4.69, 9.17) is 16.3 Å². The average molecular weight is 317 g/mol. The number of sulfonamides is 1. The second kappa shape index (κ2) is 5.60. The summed E-state index contributed by atoms with van der Waals surface area (Å²) >= 11 is 6.03. The average Bonchev–Trinajstić information content (AvgIpc) is 2.47. The Balaban J connectivity index is 1.96. The number of pyridine rings is 1. The largest absolute Gasteiger partial charge is 0.375 e. The van der Waals surface area contributed by atoms with E-state index >= 15 is 0 Å². The number of hydrogen-bond acceptors (Lipinski definition) is 4. The highest BCUT2D eigenvalue weighted by Crippen LogP contribution is 2.33. The van der Waals surface area contributed by atoms with Crippen LogP contribution in [0.1, 0.15) is 25.7 Å². The molecule has 1 aliphatic heterocycles. The van der Waals surface area contributed by atoms with E-state index in [9.17, 15) is 8.42 Å². The molecule has 2 fully saturated rings. The van der Waals surface area contributed by atoms with Gasteiger partial charge in [-0.1, -0.05) is 24.4 Å². The van der Waals surface area contributed by atoms with Gasteiger partial charge in [-0.15, -0.1) is 0 Å². The number of hydrogen-bond donors (Lipinski definition) is 0. The van der Waals surface area contributed by atoms with Crippen LogP contribution in [0.2, 0.25) is 5.02 Å². The summed E-state index contributed by atoms with van der Waals surface area (Å²) < 4.78 is 32.9. The normalized spacial score (nSPS) is 28.1. The molecule has 0 aromatic carbocycles. The summed E-state index contributed by atoms with van der Waals surface area (Å²) in [7, 11) is -3.60. The zero-order valence-corrected chi connectivity index (χ0v) is 12.6. The topological polar surface area (TPSA) is 59.5 Å². The summed E-state index contributed by atoms with van der Waals surface area (Å²) in [4.78, 5) is 3.98. The van der Waals surface area contributed by atoms with E-state index in [2.05, 4.69) is 4.98 Å². The fourth-order valence-corrected chi connectivity index (χ4v) is 5.11. The third kappa shape index (κ3) is 2.45. The first-order valence-corrected chi connectivity index (χ1v) is 8.65. The Kier molecular flexibility index (Phi) is 3.99. The summed E-state index contributed by atoms with van der Waals surface area (Å²) in [6.07, 6.45) is 6.75. The molecule has 7 heteroatoms. The summed E-state index contributed by atoms with van der Waals surface area (Å²) in [5, 5.41) is 0.221. The SMILES string of the molecule is O=S(=O)(c1cnccc1Cl)N1CCOC2CCCCC21. The van der Waals surface area contributed by atoms with Gasteiger partial charge in [0.2, 0.25) is 10.0 Å². The van der Waals surface area contributed by atoms with Crippen LogP contribution < -0.4 is 0 Å². The van der Waals surface area contributed by atoms with Crippen LogP contribution >= 0.6 is 11.6 Å². The van der Waals surface area contributed by atoms with Gasteiger partial charge in [-0.05, 0) is 18.9 Å². The maximum atomic E-state index is 12.8. The lowest BCUT2D eigenvalue weighted by Crippen LogP contribution is -2.54. The summed E-state index contributed by atoms with van der Waals surface area (Å²) in [6, 6.07) is 1.44. The van der Waals surface area contributed by atoms with E-state index in [-0.39, 0.29) is 22.1 Å². The monoisotopic (exact) mass is 316 g/mol. The molecule has 0 N–H and O–H groups in total. The molecule has 2 atom stereocenters. The van der Waals surface area contributed by atoms with Crippen LogP contribution in [0.3, 0.4) is 0 Å². The van der Waals surface area contributed by atoms with E-state index in [0.717, 1.165) is 25.7 Å². The lowest BCUT2D eigenvalue weighted by molar-refractivity contribution is -0.0586. The molecule has 5 nitrogen and oxygen atoms in total. The van der Waals surface area contributed by atoms with Gasteiger partial charge < -0.3 is 4.74 Å². The van der Waals surface area contributed by atoms with Crippen LogP contribution in [0.5, 0.6) is 0 Å². The molecular weight excluding hydrogens is 300 g/mol. The minimum Gasteiger partial charge on any atom is -0.375 e. The van der Waals surface area contributed by atoms with Gasteiger partial charge >= 0.3 is 0 Å². The Morgan fingerprint density at radius 2 is 2.15 bits per heavy atom. The Labute approximate surface area is 123 Å². The molecule has 2 heterocycles. The summed E-state index contributed by atoms with van der Waals surface area (Å²) in [5.41, 5.74) is 0. The van der Waals surface area contributed by atoms with Crippen molar-refractivity contribution in [2.75, 3.05) is 13.2 Å². The number of morpholine rings is 1. The molecule has 1 saturated heterocycles. The third-order valence-electron chi connectivity index (χ3n) is 4.00. The number of fused-ring (bicyclic) bond motifs is 1. The molecule has 1 saturated carbocycles. The van der Waals surface area contributed by atoms with Crippen molar-refractivity contribution in [3.63, 3.8) is 0 Å². The molecule has 0 radical (unpaired) electrons. The van der Waals surface area contributed by atoms with Crippen LogP contribution in [0.25, 0.3) is 0 Å². The molecule has 1 aliphatic carbocycles. The molecular formula is C13H17ClN2O3S. The first-order chi connectivity index (χ1) is 9.60. The number of halogens is 1. The first kappa shape index (κ1) is 14.3. The van der Waals surface area contributed by atoms with Gasteiger partial charge in [-0.3, -0.25) is 4.98 Å². The van der Waals surface area contributed by atoms with Crippen molar-refractivity contribution in [1.29, 1.82) is 0 Å². The summed E-state index contributed by atoms with van der Waals surface area (Å²) in [5.74, 6) is 0. The standard InChI is InChI=1S/C13H17ClN2O3S/c14-10-5-6-15-9-13(10)20(17,18)16-7-8-19-12-4-2-1-3-11(12)16/h5-6,9,11-12H,1-4,7-8H2. The van der Waals surface area contributed by atoms with Crippen LogP contribution in [-0.2, 0) is 14.8 Å². The second-order valence-electron chi connectivity index (χ2n) is 5.18. The quantitative estimate of drug-likeness (QED) is 0.838. The fourth-order valence-electron chi connectivity index (χ4n) is 3.04. The second-order valence-corrected chi connectivity index (χ2v) is 7.45. The predicted octanol–water partition coefficient (Wildman–Crippen LogP) is 2.07. The minimum atomic E-state index is -3.60. The van der Waals surface area contributed by atoms with Gasteiger partial charge in [0, 0.05) is 18.9 Å². The van der Waals surface area contributed by atoms with E-state index < -0.39 is 10.0 Å². The zero-order valence-electron chi connectivity index (χ0n) is 11.0. The number of nitrogens with zero attached hydrogens (tertiary/aromatic N) is 2. The molecule has 2 unspecified atom stereocenters. The fraction of sp³-hybridized carbons (Fsp3) is 0.615. The zero-order chi connectivity index (χ0) is 14.2. The third-order valence-corrected chi connectivity index (χ3v) is 6.40. The number of aromatic nitrogens is 1. The lowest BCUT2D eigenvalue weighted by atomic mass is 9.91. The van der Waals surface area contributed by atoms with Gasteiger partial charge in [-0.2, -0.15) is 4.31 Å². The first-order valence-electron chi connectivity index (χ1n) is 6.83.